The minimum absolute atomic E-state index is 0.136. The molecule has 1 rings (SSSR count). The molecule has 1 fully saturated rings. The number of hydrogen-bond acceptors (Lipinski definition) is 5. The fourth-order valence-electron chi connectivity index (χ4n) is 1.86. The van der Waals surface area contributed by atoms with Gasteiger partial charge in [-0.2, -0.15) is 0 Å². The van der Waals surface area contributed by atoms with E-state index in [1.165, 1.54) is 18.9 Å². The van der Waals surface area contributed by atoms with Crippen LogP contribution >= 0.6 is 11.8 Å². The van der Waals surface area contributed by atoms with E-state index < -0.39 is 10.0 Å². The summed E-state index contributed by atoms with van der Waals surface area (Å²) in [6.07, 6.45) is 0.805. The molecule has 0 spiro atoms. The number of carbonyl (C=O) groups excluding carboxylic acids is 1. The first-order valence-electron chi connectivity index (χ1n) is 6.01. The number of esters is 1. The number of hydrogen-bond donors (Lipinski definition) is 0. The summed E-state index contributed by atoms with van der Waals surface area (Å²) in [7, 11) is -1.77. The molecule has 1 heterocycles. The molecule has 0 saturated carbocycles. The first-order valence-corrected chi connectivity index (χ1v) is 8.67. The minimum atomic E-state index is -3.13. The Morgan fingerprint density at radius 3 is 2.72 bits per heavy atom. The maximum atomic E-state index is 12.0. The van der Waals surface area contributed by atoms with Gasteiger partial charge >= 0.3 is 5.97 Å². The zero-order valence-corrected chi connectivity index (χ0v) is 12.7. The van der Waals surface area contributed by atoms with Crippen molar-refractivity contribution in [1.82, 2.24) is 4.31 Å². The third-order valence-corrected chi connectivity index (χ3v) is 6.17. The predicted octanol–water partition coefficient (Wildman–Crippen LogP) is 0.953. The van der Waals surface area contributed by atoms with Crippen LogP contribution in [0.1, 0.15) is 20.3 Å². The van der Waals surface area contributed by atoms with Crippen LogP contribution in [-0.2, 0) is 19.6 Å². The van der Waals surface area contributed by atoms with Gasteiger partial charge in [0, 0.05) is 18.3 Å². The number of methoxy groups -OCH3 is 1. The number of carbonyl (C=O) groups is 1. The van der Waals surface area contributed by atoms with Crippen LogP contribution in [0.4, 0.5) is 0 Å². The molecular formula is C11H21NO4S2. The molecule has 0 bridgehead atoms. The molecule has 0 amide bonds. The summed E-state index contributed by atoms with van der Waals surface area (Å²) >= 11 is 1.47. The Morgan fingerprint density at radius 1 is 1.50 bits per heavy atom. The molecule has 5 nitrogen and oxygen atoms in total. The molecule has 18 heavy (non-hydrogen) atoms. The number of thioether (sulfide) groups is 1. The van der Waals surface area contributed by atoms with Gasteiger partial charge in [0.1, 0.15) is 0 Å². The van der Waals surface area contributed by atoms with Crippen LogP contribution in [0.15, 0.2) is 0 Å². The standard InChI is InChI=1S/C11H21NO4S2/c1-9(2)8-18(14,15)12-5-4-10(6-12)17-7-11(13)16-3/h9-10H,4-8H2,1-3H3/t10-/m0/s1. The van der Waals surface area contributed by atoms with Crippen LogP contribution in [0.3, 0.4) is 0 Å². The van der Waals surface area contributed by atoms with Crippen molar-refractivity contribution < 1.29 is 17.9 Å². The molecule has 0 aromatic carbocycles. The lowest BCUT2D eigenvalue weighted by Gasteiger charge is -2.17. The average Bonchev–Trinajstić information content (AvgIpc) is 2.73. The van der Waals surface area contributed by atoms with E-state index in [-0.39, 0.29) is 22.9 Å². The summed E-state index contributed by atoms with van der Waals surface area (Å²) in [5.74, 6) is 0.362. The van der Waals surface area contributed by atoms with E-state index in [2.05, 4.69) is 4.74 Å². The van der Waals surface area contributed by atoms with E-state index in [4.69, 9.17) is 0 Å². The van der Waals surface area contributed by atoms with Crippen molar-refractivity contribution in [3.8, 4) is 0 Å². The molecule has 0 aromatic heterocycles. The van der Waals surface area contributed by atoms with Gasteiger partial charge < -0.3 is 4.74 Å². The van der Waals surface area contributed by atoms with Crippen molar-refractivity contribution in [1.29, 1.82) is 0 Å². The van der Waals surface area contributed by atoms with Crippen LogP contribution in [0.2, 0.25) is 0 Å². The third-order valence-electron chi connectivity index (χ3n) is 2.71. The highest BCUT2D eigenvalue weighted by Crippen LogP contribution is 2.25. The SMILES string of the molecule is COC(=O)CS[C@H]1CCN(S(=O)(=O)CC(C)C)C1. The monoisotopic (exact) mass is 295 g/mol. The first kappa shape index (κ1) is 15.8. The summed E-state index contributed by atoms with van der Waals surface area (Å²) in [6.45, 7) is 4.87. The zero-order valence-electron chi connectivity index (χ0n) is 11.1. The predicted molar refractivity (Wildman–Crippen MR) is 73.1 cm³/mol. The summed E-state index contributed by atoms with van der Waals surface area (Å²) in [6, 6.07) is 0. The Kier molecular flexibility index (Phi) is 5.94. The largest absolute Gasteiger partial charge is 0.468 e. The Labute approximate surface area is 113 Å². The van der Waals surface area contributed by atoms with Crippen molar-refractivity contribution in [3.63, 3.8) is 0 Å². The second-order valence-electron chi connectivity index (χ2n) is 4.83. The average molecular weight is 295 g/mol. The van der Waals surface area contributed by atoms with Gasteiger partial charge in [-0.3, -0.25) is 4.79 Å². The van der Waals surface area contributed by atoms with Gasteiger partial charge in [0.25, 0.3) is 0 Å². The highest BCUT2D eigenvalue weighted by molar-refractivity contribution is 8.00. The van der Waals surface area contributed by atoms with Crippen LogP contribution in [0.25, 0.3) is 0 Å². The van der Waals surface area contributed by atoms with Crippen LogP contribution in [0.5, 0.6) is 0 Å². The van der Waals surface area contributed by atoms with Crippen LogP contribution in [0, 0.1) is 5.92 Å². The van der Waals surface area contributed by atoms with Crippen molar-refractivity contribution in [2.75, 3.05) is 31.7 Å². The normalized spacial score (nSPS) is 21.4. The molecular weight excluding hydrogens is 274 g/mol. The number of ether oxygens (including phenoxy) is 1. The lowest BCUT2D eigenvalue weighted by molar-refractivity contribution is -0.137. The Hall–Kier alpha value is -0.270. The fraction of sp³-hybridized carbons (Fsp3) is 0.909. The van der Waals surface area contributed by atoms with Gasteiger partial charge in [-0.15, -0.1) is 11.8 Å². The molecule has 0 radical (unpaired) electrons. The number of rotatable bonds is 6. The van der Waals surface area contributed by atoms with Gasteiger partial charge in [-0.25, -0.2) is 12.7 Å². The van der Waals surface area contributed by atoms with E-state index in [0.29, 0.717) is 18.8 Å². The quantitative estimate of drug-likeness (QED) is 0.683. The molecule has 1 saturated heterocycles. The maximum absolute atomic E-state index is 12.0. The van der Waals surface area contributed by atoms with Gasteiger partial charge in [0.05, 0.1) is 18.6 Å². The highest BCUT2D eigenvalue weighted by Gasteiger charge is 2.32. The second-order valence-corrected chi connectivity index (χ2v) is 8.13. The summed E-state index contributed by atoms with van der Waals surface area (Å²) in [5, 5.41) is 0.200. The van der Waals surface area contributed by atoms with Gasteiger partial charge in [-0.1, -0.05) is 13.8 Å². The Morgan fingerprint density at radius 2 is 2.17 bits per heavy atom. The molecule has 7 heteroatoms. The molecule has 0 aromatic rings. The van der Waals surface area contributed by atoms with Gasteiger partial charge in [0.2, 0.25) is 10.0 Å². The zero-order chi connectivity index (χ0) is 13.8. The Bertz CT molecular complexity index is 381. The highest BCUT2D eigenvalue weighted by atomic mass is 32.2. The fourth-order valence-corrected chi connectivity index (χ4v) is 4.84. The van der Waals surface area contributed by atoms with Crippen LogP contribution < -0.4 is 0 Å². The van der Waals surface area contributed by atoms with Crippen LogP contribution in [-0.4, -0.2) is 55.6 Å². The van der Waals surface area contributed by atoms with Crippen molar-refractivity contribution in [2.45, 2.75) is 25.5 Å². The molecule has 106 valence electrons. The van der Waals surface area contributed by atoms with E-state index in [0.717, 1.165) is 6.42 Å². The number of sulfonamides is 1. The molecule has 1 atom stereocenters. The van der Waals surface area contributed by atoms with E-state index >= 15 is 0 Å². The number of nitrogens with zero attached hydrogens (tertiary/aromatic N) is 1. The second kappa shape index (κ2) is 6.77. The lowest BCUT2D eigenvalue weighted by Crippen LogP contribution is -2.33. The maximum Gasteiger partial charge on any atom is 0.315 e. The molecule has 0 unspecified atom stereocenters. The minimum Gasteiger partial charge on any atom is -0.468 e. The van der Waals surface area contributed by atoms with Crippen molar-refractivity contribution in [3.05, 3.63) is 0 Å². The molecule has 0 N–H and O–H groups in total. The van der Waals surface area contributed by atoms with Crippen molar-refractivity contribution in [2.24, 2.45) is 5.92 Å². The molecule has 1 aliphatic rings. The summed E-state index contributed by atoms with van der Waals surface area (Å²) in [4.78, 5) is 11.0. The topological polar surface area (TPSA) is 63.7 Å². The molecule has 0 aliphatic carbocycles. The van der Waals surface area contributed by atoms with Gasteiger partial charge in [-0.05, 0) is 12.3 Å². The first-order chi connectivity index (χ1) is 8.35. The Balaban J connectivity index is 2.43. The van der Waals surface area contributed by atoms with E-state index in [9.17, 15) is 13.2 Å². The van der Waals surface area contributed by atoms with Gasteiger partial charge in [0.15, 0.2) is 0 Å². The van der Waals surface area contributed by atoms with E-state index in [1.807, 2.05) is 13.8 Å². The summed E-state index contributed by atoms with van der Waals surface area (Å²) in [5.41, 5.74) is 0. The van der Waals surface area contributed by atoms with E-state index in [1.54, 1.807) is 4.31 Å². The third kappa shape index (κ3) is 4.78. The smallest absolute Gasteiger partial charge is 0.315 e. The summed E-state index contributed by atoms with van der Waals surface area (Å²) < 4.78 is 30.1. The lowest BCUT2D eigenvalue weighted by atomic mass is 10.3. The molecule has 1 aliphatic heterocycles. The van der Waals surface area contributed by atoms with Crippen molar-refractivity contribution >= 4 is 27.8 Å².